The summed E-state index contributed by atoms with van der Waals surface area (Å²) in [5, 5.41) is 0. The highest BCUT2D eigenvalue weighted by Crippen LogP contribution is 2.01. The van der Waals surface area contributed by atoms with Crippen LogP contribution in [0, 0.1) is 0 Å². The van der Waals surface area contributed by atoms with Crippen molar-refractivity contribution in [3.8, 4) is 0 Å². The molecule has 0 aromatic carbocycles. The Bertz CT molecular complexity index is 510. The quantitative estimate of drug-likeness (QED) is 0.846. The number of aromatic amines is 1. The first-order valence-corrected chi connectivity index (χ1v) is 5.86. The van der Waals surface area contributed by atoms with Crippen molar-refractivity contribution in [1.82, 2.24) is 9.55 Å². The van der Waals surface area contributed by atoms with E-state index in [1.165, 1.54) is 6.92 Å². The predicted octanol–water partition coefficient (Wildman–Crippen LogP) is 2.93. The lowest BCUT2D eigenvalue weighted by molar-refractivity contribution is 0.0998. The van der Waals surface area contributed by atoms with Gasteiger partial charge in [-0.15, -0.1) is 0 Å². The molecule has 2 aromatic heterocycles. The summed E-state index contributed by atoms with van der Waals surface area (Å²) in [5.41, 5.74) is 1.47. The summed E-state index contributed by atoms with van der Waals surface area (Å²) in [6.45, 7) is 6.00. The van der Waals surface area contributed by atoms with Crippen molar-refractivity contribution in [2.75, 3.05) is 0 Å². The smallest absolute Gasteiger partial charge is 0.176 e. The minimum Gasteiger partial charge on any atom is -0.359 e. The SMILES string of the molecule is CC(=O)c1ccc[nH]1.CCn1cccc1C(C)=O. The standard InChI is InChI=1S/C8H11NO.C6H7NO/c1-3-9-6-4-5-8(9)7(2)10;1-5(8)6-3-2-4-7-6/h4-6H,3H2,1-2H3;2-4,7H,1H3. The summed E-state index contributed by atoms with van der Waals surface area (Å²) in [6, 6.07) is 7.28. The van der Waals surface area contributed by atoms with Crippen LogP contribution in [-0.4, -0.2) is 21.1 Å². The van der Waals surface area contributed by atoms with Crippen LogP contribution in [0.1, 0.15) is 41.7 Å². The molecular formula is C14H18N2O2. The van der Waals surface area contributed by atoms with E-state index in [1.807, 2.05) is 29.8 Å². The van der Waals surface area contributed by atoms with Gasteiger partial charge in [-0.05, 0) is 31.2 Å². The molecule has 18 heavy (non-hydrogen) atoms. The normalized spacial score (nSPS) is 9.50. The molecule has 0 aliphatic rings. The third-order valence-electron chi connectivity index (χ3n) is 2.51. The van der Waals surface area contributed by atoms with Crippen LogP contribution in [0.2, 0.25) is 0 Å². The number of ketones is 2. The van der Waals surface area contributed by atoms with Gasteiger partial charge >= 0.3 is 0 Å². The minimum absolute atomic E-state index is 0.0787. The fourth-order valence-electron chi connectivity index (χ4n) is 1.56. The van der Waals surface area contributed by atoms with Crippen molar-refractivity contribution in [2.45, 2.75) is 27.3 Å². The first-order chi connectivity index (χ1) is 8.56. The number of nitrogens with zero attached hydrogens (tertiary/aromatic N) is 1. The predicted molar refractivity (Wildman–Crippen MR) is 70.9 cm³/mol. The summed E-state index contributed by atoms with van der Waals surface area (Å²) in [5.74, 6) is 0.210. The summed E-state index contributed by atoms with van der Waals surface area (Å²) >= 11 is 0. The number of H-pyrrole nitrogens is 1. The van der Waals surface area contributed by atoms with Crippen molar-refractivity contribution >= 4 is 11.6 Å². The van der Waals surface area contributed by atoms with E-state index in [9.17, 15) is 9.59 Å². The van der Waals surface area contributed by atoms with E-state index in [-0.39, 0.29) is 11.6 Å². The van der Waals surface area contributed by atoms with E-state index in [4.69, 9.17) is 0 Å². The fourth-order valence-corrected chi connectivity index (χ4v) is 1.56. The van der Waals surface area contributed by atoms with Crippen molar-refractivity contribution < 1.29 is 9.59 Å². The first kappa shape index (κ1) is 14.0. The van der Waals surface area contributed by atoms with E-state index in [1.54, 1.807) is 25.3 Å². The van der Waals surface area contributed by atoms with Gasteiger partial charge in [-0.2, -0.15) is 0 Å². The van der Waals surface area contributed by atoms with Crippen LogP contribution in [0.5, 0.6) is 0 Å². The number of aryl methyl sites for hydroxylation is 1. The van der Waals surface area contributed by atoms with Gasteiger partial charge in [-0.25, -0.2) is 0 Å². The molecule has 0 bridgehead atoms. The Morgan fingerprint density at radius 1 is 1.17 bits per heavy atom. The second kappa shape index (κ2) is 6.59. The number of rotatable bonds is 3. The maximum atomic E-state index is 10.9. The molecule has 0 aliphatic carbocycles. The molecule has 0 saturated heterocycles. The second-order valence-electron chi connectivity index (χ2n) is 3.88. The Balaban J connectivity index is 0.000000184. The molecule has 1 N–H and O–H groups in total. The summed E-state index contributed by atoms with van der Waals surface area (Å²) in [7, 11) is 0. The molecule has 2 aromatic rings. The van der Waals surface area contributed by atoms with Crippen LogP contribution in [0.25, 0.3) is 0 Å². The van der Waals surface area contributed by atoms with Crippen LogP contribution in [-0.2, 0) is 6.54 Å². The molecule has 2 rings (SSSR count). The minimum atomic E-state index is 0.0787. The molecule has 0 spiro atoms. The van der Waals surface area contributed by atoms with Crippen LogP contribution in [0.4, 0.5) is 0 Å². The topological polar surface area (TPSA) is 54.9 Å². The molecule has 0 fully saturated rings. The highest BCUT2D eigenvalue weighted by atomic mass is 16.1. The lowest BCUT2D eigenvalue weighted by Crippen LogP contribution is -2.02. The number of hydrogen-bond acceptors (Lipinski definition) is 2. The van der Waals surface area contributed by atoms with E-state index in [0.29, 0.717) is 5.69 Å². The van der Waals surface area contributed by atoms with Gasteiger partial charge in [0.05, 0.1) is 11.4 Å². The van der Waals surface area contributed by atoms with Gasteiger partial charge in [0.25, 0.3) is 0 Å². The number of nitrogens with one attached hydrogen (secondary N) is 1. The zero-order valence-corrected chi connectivity index (χ0v) is 10.9. The van der Waals surface area contributed by atoms with Crippen LogP contribution < -0.4 is 0 Å². The highest BCUT2D eigenvalue weighted by Gasteiger charge is 2.01. The van der Waals surface area contributed by atoms with Crippen molar-refractivity contribution in [1.29, 1.82) is 0 Å². The van der Waals surface area contributed by atoms with E-state index < -0.39 is 0 Å². The Hall–Kier alpha value is -2.10. The van der Waals surface area contributed by atoms with E-state index in [2.05, 4.69) is 4.98 Å². The maximum Gasteiger partial charge on any atom is 0.176 e. The van der Waals surface area contributed by atoms with Gasteiger partial charge in [-0.1, -0.05) is 0 Å². The summed E-state index contributed by atoms with van der Waals surface area (Å²) in [4.78, 5) is 24.1. The number of Topliss-reactive ketones (excluding diaryl/α,β-unsaturated/α-hetero) is 2. The summed E-state index contributed by atoms with van der Waals surface area (Å²) < 4.78 is 1.93. The van der Waals surface area contributed by atoms with Gasteiger partial charge < -0.3 is 9.55 Å². The number of hydrogen-bond donors (Lipinski definition) is 1. The maximum absolute atomic E-state index is 10.9. The molecule has 4 heteroatoms. The monoisotopic (exact) mass is 246 g/mol. The largest absolute Gasteiger partial charge is 0.359 e. The van der Waals surface area contributed by atoms with Gasteiger partial charge in [0.15, 0.2) is 11.6 Å². The lowest BCUT2D eigenvalue weighted by atomic mass is 10.3. The van der Waals surface area contributed by atoms with Gasteiger partial charge in [0.1, 0.15) is 0 Å². The van der Waals surface area contributed by atoms with Gasteiger partial charge in [0, 0.05) is 32.8 Å². The highest BCUT2D eigenvalue weighted by molar-refractivity contribution is 5.92. The number of aromatic nitrogens is 2. The molecule has 2 heterocycles. The molecule has 0 aliphatic heterocycles. The zero-order valence-electron chi connectivity index (χ0n) is 10.9. The molecule has 0 unspecified atom stereocenters. The summed E-state index contributed by atoms with van der Waals surface area (Å²) in [6.07, 6.45) is 3.65. The average molecular weight is 246 g/mol. The Morgan fingerprint density at radius 2 is 1.89 bits per heavy atom. The molecular weight excluding hydrogens is 228 g/mol. The van der Waals surface area contributed by atoms with E-state index in [0.717, 1.165) is 12.2 Å². The third kappa shape index (κ3) is 3.73. The van der Waals surface area contributed by atoms with Crippen LogP contribution >= 0.6 is 0 Å². The Kier molecular flexibility index (Phi) is 5.11. The Morgan fingerprint density at radius 3 is 2.22 bits per heavy atom. The molecule has 0 saturated carbocycles. The molecule has 4 nitrogen and oxygen atoms in total. The fraction of sp³-hybridized carbons (Fsp3) is 0.286. The van der Waals surface area contributed by atoms with Gasteiger partial charge in [-0.3, -0.25) is 9.59 Å². The van der Waals surface area contributed by atoms with Gasteiger partial charge in [0.2, 0.25) is 0 Å². The second-order valence-corrected chi connectivity index (χ2v) is 3.88. The van der Waals surface area contributed by atoms with E-state index >= 15 is 0 Å². The van der Waals surface area contributed by atoms with Crippen molar-refractivity contribution in [3.05, 3.63) is 48.0 Å². The molecule has 0 amide bonds. The molecule has 0 radical (unpaired) electrons. The van der Waals surface area contributed by atoms with Crippen molar-refractivity contribution in [2.24, 2.45) is 0 Å². The Labute approximate surface area is 107 Å². The average Bonchev–Trinajstić information content (AvgIpc) is 3.01. The molecule has 0 atom stereocenters. The van der Waals surface area contributed by atoms with Crippen molar-refractivity contribution in [3.63, 3.8) is 0 Å². The zero-order chi connectivity index (χ0) is 13.5. The molecule has 96 valence electrons. The van der Waals surface area contributed by atoms with Crippen LogP contribution in [0.15, 0.2) is 36.7 Å². The number of carbonyl (C=O) groups is 2. The number of carbonyl (C=O) groups excluding carboxylic acids is 2. The third-order valence-corrected chi connectivity index (χ3v) is 2.51. The first-order valence-electron chi connectivity index (χ1n) is 5.86. The lowest BCUT2D eigenvalue weighted by Gasteiger charge is -2.00. The van der Waals surface area contributed by atoms with Crippen LogP contribution in [0.3, 0.4) is 0 Å².